The summed E-state index contributed by atoms with van der Waals surface area (Å²) in [7, 11) is 0. The molecule has 0 saturated carbocycles. The molecule has 2 heterocycles. The Hall–Kier alpha value is -4.51. The van der Waals surface area contributed by atoms with Gasteiger partial charge in [-0.05, 0) is 30.3 Å². The first-order valence-electron chi connectivity index (χ1n) is 10.2. The largest absolute Gasteiger partial charge is 0.398 e. The molecule has 0 aliphatic heterocycles. The van der Waals surface area contributed by atoms with Crippen LogP contribution in [0.25, 0.3) is 43.6 Å². The van der Waals surface area contributed by atoms with E-state index < -0.39 is 5.91 Å². The Morgan fingerprint density at radius 3 is 1.84 bits per heavy atom. The normalized spacial score (nSPS) is 10.9. The lowest BCUT2D eigenvalue weighted by molar-refractivity contribution is 0.100. The number of nitrogens with zero attached hydrogens (tertiary/aromatic N) is 2. The van der Waals surface area contributed by atoms with Gasteiger partial charge in [-0.3, -0.25) is 4.79 Å². The fourth-order valence-electron chi connectivity index (χ4n) is 3.87. The van der Waals surface area contributed by atoms with Gasteiger partial charge in [0.15, 0.2) is 0 Å². The number of pyridine rings is 2. The second kappa shape index (κ2) is 7.96. The number of nitrogens with two attached hydrogens (primary N) is 2. The number of rotatable bonds is 1. The number of hydrogen-bond acceptors (Lipinski definition) is 4. The van der Waals surface area contributed by atoms with Crippen molar-refractivity contribution in [2.75, 3.05) is 5.73 Å². The van der Waals surface area contributed by atoms with E-state index in [-0.39, 0.29) is 0 Å². The van der Waals surface area contributed by atoms with Crippen LogP contribution in [-0.2, 0) is 0 Å². The summed E-state index contributed by atoms with van der Waals surface area (Å²) < 4.78 is 0. The summed E-state index contributed by atoms with van der Waals surface area (Å²) in [4.78, 5) is 20.4. The fourth-order valence-corrected chi connectivity index (χ4v) is 3.87. The van der Waals surface area contributed by atoms with Crippen LogP contribution in [0.3, 0.4) is 0 Å². The van der Waals surface area contributed by atoms with Crippen molar-refractivity contribution in [2.24, 2.45) is 5.73 Å². The number of fused-ring (bicyclic) bond motifs is 4. The molecule has 6 rings (SSSR count). The van der Waals surface area contributed by atoms with Crippen molar-refractivity contribution in [1.82, 2.24) is 9.97 Å². The fraction of sp³-hybridized carbons (Fsp3) is 0. The molecular weight excluding hydrogens is 396 g/mol. The van der Waals surface area contributed by atoms with Crippen LogP contribution in [0.5, 0.6) is 0 Å². The highest BCUT2D eigenvalue weighted by Gasteiger charge is 2.08. The molecule has 5 heteroatoms. The van der Waals surface area contributed by atoms with Gasteiger partial charge in [0.25, 0.3) is 5.91 Å². The number of para-hydroxylation sites is 4. The summed E-state index contributed by atoms with van der Waals surface area (Å²) in [5.41, 5.74) is 16.2. The van der Waals surface area contributed by atoms with Gasteiger partial charge in [0.2, 0.25) is 0 Å². The highest BCUT2D eigenvalue weighted by Crippen LogP contribution is 2.27. The van der Waals surface area contributed by atoms with Gasteiger partial charge >= 0.3 is 0 Å². The van der Waals surface area contributed by atoms with Crippen molar-refractivity contribution in [3.05, 3.63) is 103 Å². The van der Waals surface area contributed by atoms with Crippen molar-refractivity contribution >= 4 is 55.2 Å². The van der Waals surface area contributed by atoms with E-state index in [1.54, 1.807) is 6.07 Å². The Balaban J connectivity index is 0.000000136. The predicted octanol–water partition coefficient (Wildman–Crippen LogP) is 5.46. The van der Waals surface area contributed by atoms with E-state index in [4.69, 9.17) is 11.5 Å². The Morgan fingerprint density at radius 1 is 0.625 bits per heavy atom. The molecule has 154 valence electrons. The molecular formula is C27H20N4O. The van der Waals surface area contributed by atoms with E-state index in [0.717, 1.165) is 43.8 Å². The van der Waals surface area contributed by atoms with Crippen LogP contribution in [0.15, 0.2) is 97.1 Å². The monoisotopic (exact) mass is 416 g/mol. The third-order valence-electron chi connectivity index (χ3n) is 5.44. The van der Waals surface area contributed by atoms with E-state index in [1.807, 2.05) is 91.0 Å². The third kappa shape index (κ3) is 3.46. The minimum atomic E-state index is -0.446. The lowest BCUT2D eigenvalue weighted by Gasteiger charge is -2.05. The summed E-state index contributed by atoms with van der Waals surface area (Å²) in [6, 6.07) is 31.2. The second-order valence-electron chi connectivity index (χ2n) is 7.48. The number of primary amides is 1. The van der Waals surface area contributed by atoms with Gasteiger partial charge in [0.05, 0.1) is 33.3 Å². The number of carbonyl (C=O) groups is 1. The molecule has 4 aromatic carbocycles. The van der Waals surface area contributed by atoms with Crippen LogP contribution in [-0.4, -0.2) is 15.9 Å². The summed E-state index contributed by atoms with van der Waals surface area (Å²) in [5.74, 6) is -0.446. The molecule has 32 heavy (non-hydrogen) atoms. The highest BCUT2D eigenvalue weighted by molar-refractivity contribution is 6.07. The molecule has 0 spiro atoms. The predicted molar refractivity (Wildman–Crippen MR) is 131 cm³/mol. The van der Waals surface area contributed by atoms with Crippen LogP contribution in [0, 0.1) is 0 Å². The maximum Gasteiger partial charge on any atom is 0.250 e. The minimum Gasteiger partial charge on any atom is -0.398 e. The summed E-state index contributed by atoms with van der Waals surface area (Å²) in [6.45, 7) is 0. The highest BCUT2D eigenvalue weighted by atomic mass is 16.1. The molecule has 0 atom stereocenters. The van der Waals surface area contributed by atoms with Gasteiger partial charge in [-0.1, -0.05) is 66.7 Å². The molecule has 0 saturated heterocycles. The van der Waals surface area contributed by atoms with E-state index in [9.17, 15) is 4.79 Å². The third-order valence-corrected chi connectivity index (χ3v) is 5.44. The molecule has 0 aliphatic carbocycles. The number of aromatic nitrogens is 2. The molecule has 4 N–H and O–H groups in total. The number of carbonyl (C=O) groups excluding carboxylic acids is 1. The van der Waals surface area contributed by atoms with Crippen molar-refractivity contribution < 1.29 is 4.79 Å². The van der Waals surface area contributed by atoms with Crippen LogP contribution in [0.1, 0.15) is 10.4 Å². The SMILES string of the molecule is NC(=O)c1cccc2cc3ccccc3nc12.Nc1c2ccccc2nc2ccccc12. The number of benzene rings is 4. The van der Waals surface area contributed by atoms with E-state index in [2.05, 4.69) is 9.97 Å². The molecule has 0 radical (unpaired) electrons. The number of anilines is 1. The molecule has 5 nitrogen and oxygen atoms in total. The molecule has 0 aliphatic rings. The van der Waals surface area contributed by atoms with Crippen LogP contribution in [0.4, 0.5) is 5.69 Å². The number of amides is 1. The second-order valence-corrected chi connectivity index (χ2v) is 7.48. The molecule has 2 aromatic heterocycles. The Morgan fingerprint density at radius 2 is 1.19 bits per heavy atom. The van der Waals surface area contributed by atoms with Crippen molar-refractivity contribution in [3.63, 3.8) is 0 Å². The zero-order valence-corrected chi connectivity index (χ0v) is 17.2. The Bertz CT molecular complexity index is 1570. The van der Waals surface area contributed by atoms with Crippen LogP contribution < -0.4 is 11.5 Å². The molecule has 0 unspecified atom stereocenters. The van der Waals surface area contributed by atoms with Gasteiger partial charge in [0, 0.05) is 21.5 Å². The van der Waals surface area contributed by atoms with Crippen molar-refractivity contribution in [3.8, 4) is 0 Å². The Labute approximate surface area is 184 Å². The van der Waals surface area contributed by atoms with Gasteiger partial charge < -0.3 is 11.5 Å². The zero-order valence-electron chi connectivity index (χ0n) is 17.2. The Kier molecular flexibility index (Phi) is 4.84. The average molecular weight is 416 g/mol. The maximum absolute atomic E-state index is 11.3. The summed E-state index contributed by atoms with van der Waals surface area (Å²) in [5, 5.41) is 4.04. The first-order valence-corrected chi connectivity index (χ1v) is 10.2. The minimum absolute atomic E-state index is 0.446. The van der Waals surface area contributed by atoms with Gasteiger partial charge in [-0.2, -0.15) is 0 Å². The zero-order chi connectivity index (χ0) is 22.1. The maximum atomic E-state index is 11.3. The van der Waals surface area contributed by atoms with E-state index in [0.29, 0.717) is 11.1 Å². The lowest BCUT2D eigenvalue weighted by atomic mass is 10.1. The standard InChI is InChI=1S/C14H10N2O.C13H10N2/c15-14(17)11-6-3-5-10-8-9-4-1-2-7-12(9)16-13(10)11;14-13-9-5-1-3-7-11(9)15-12-8-4-2-6-10(12)13/h1-8H,(H2,15,17);1-8H,(H2,14,15). The van der Waals surface area contributed by atoms with Gasteiger partial charge in [-0.15, -0.1) is 0 Å². The first-order chi connectivity index (χ1) is 15.6. The average Bonchev–Trinajstić information content (AvgIpc) is 2.83. The summed E-state index contributed by atoms with van der Waals surface area (Å²) in [6.07, 6.45) is 0. The van der Waals surface area contributed by atoms with Crippen LogP contribution in [0.2, 0.25) is 0 Å². The molecule has 1 amide bonds. The quantitative estimate of drug-likeness (QED) is 0.348. The smallest absolute Gasteiger partial charge is 0.250 e. The van der Waals surface area contributed by atoms with Gasteiger partial charge in [0.1, 0.15) is 0 Å². The number of hydrogen-bond donors (Lipinski definition) is 2. The molecule has 0 fully saturated rings. The van der Waals surface area contributed by atoms with Gasteiger partial charge in [-0.25, -0.2) is 9.97 Å². The first kappa shape index (κ1) is 19.5. The lowest BCUT2D eigenvalue weighted by Crippen LogP contribution is -2.11. The molecule has 0 bridgehead atoms. The topological polar surface area (TPSA) is 94.9 Å². The number of nitrogen functional groups attached to an aromatic ring is 1. The van der Waals surface area contributed by atoms with Crippen molar-refractivity contribution in [2.45, 2.75) is 0 Å². The van der Waals surface area contributed by atoms with Crippen LogP contribution >= 0.6 is 0 Å². The van der Waals surface area contributed by atoms with E-state index >= 15 is 0 Å². The van der Waals surface area contributed by atoms with E-state index in [1.165, 1.54) is 0 Å². The van der Waals surface area contributed by atoms with Crippen molar-refractivity contribution in [1.29, 1.82) is 0 Å². The molecule has 6 aromatic rings. The summed E-state index contributed by atoms with van der Waals surface area (Å²) >= 11 is 0.